The molecule has 0 bridgehead atoms. The Labute approximate surface area is 172 Å². The van der Waals surface area contributed by atoms with Gasteiger partial charge in [-0.05, 0) is 54.2 Å². The summed E-state index contributed by atoms with van der Waals surface area (Å²) in [5.74, 6) is 2.42. The van der Waals surface area contributed by atoms with Gasteiger partial charge >= 0.3 is 0 Å². The average molecular weight is 410 g/mol. The van der Waals surface area contributed by atoms with E-state index in [2.05, 4.69) is 21.7 Å². The second kappa shape index (κ2) is 8.41. The number of rotatable bonds is 6. The molecule has 5 nitrogen and oxygen atoms in total. The number of thiazole rings is 1. The molecule has 2 N–H and O–H groups in total. The van der Waals surface area contributed by atoms with E-state index in [1.54, 1.807) is 18.4 Å². The summed E-state index contributed by atoms with van der Waals surface area (Å²) in [6, 6.07) is 19.8. The molecule has 0 radical (unpaired) electrons. The van der Waals surface area contributed by atoms with E-state index in [9.17, 15) is 0 Å². The van der Waals surface area contributed by atoms with E-state index in [4.69, 9.17) is 21.4 Å². The zero-order chi connectivity index (χ0) is 19.3. The second-order valence-electron chi connectivity index (χ2n) is 6.14. The molecular weight excluding hydrogens is 390 g/mol. The first-order chi connectivity index (χ1) is 13.7. The maximum absolute atomic E-state index is 5.92. The number of ether oxygens (including phenoxy) is 1. The number of methoxy groups -OCH3 is 1. The van der Waals surface area contributed by atoms with E-state index in [-0.39, 0.29) is 0 Å². The predicted molar refractivity (Wildman–Crippen MR) is 117 cm³/mol. The Morgan fingerprint density at radius 2 is 1.82 bits per heavy atom. The van der Waals surface area contributed by atoms with Gasteiger partial charge in [0.1, 0.15) is 11.5 Å². The molecule has 0 atom stereocenters. The Bertz CT molecular complexity index is 1050. The molecule has 4 aromatic rings. The number of hydrogen-bond acceptors (Lipinski definition) is 5. The van der Waals surface area contributed by atoms with Crippen LogP contribution in [0, 0.1) is 0 Å². The molecule has 0 aliphatic rings. The molecule has 4 rings (SSSR count). The molecule has 0 saturated heterocycles. The lowest BCUT2D eigenvalue weighted by molar-refractivity contribution is 0.414. The molecule has 2 aromatic heterocycles. The quantitative estimate of drug-likeness (QED) is 0.449. The summed E-state index contributed by atoms with van der Waals surface area (Å²) in [4.78, 5) is 4.62. The number of fused-ring (bicyclic) bond motifs is 1. The smallest absolute Gasteiger partial charge is 0.166 e. The van der Waals surface area contributed by atoms with Crippen LogP contribution in [0.5, 0.6) is 5.75 Å². The number of furan rings is 1. The zero-order valence-corrected chi connectivity index (χ0v) is 16.9. The van der Waals surface area contributed by atoms with Gasteiger partial charge in [-0.2, -0.15) is 0 Å². The van der Waals surface area contributed by atoms with Crippen molar-refractivity contribution in [2.24, 2.45) is 0 Å². The number of nitrogens with one attached hydrogen (secondary N) is 2. The van der Waals surface area contributed by atoms with Crippen molar-refractivity contribution in [3.8, 4) is 16.5 Å². The van der Waals surface area contributed by atoms with Crippen LogP contribution in [0.2, 0.25) is 0 Å². The first kappa shape index (κ1) is 18.5. The zero-order valence-electron chi connectivity index (χ0n) is 15.3. The lowest BCUT2D eigenvalue weighted by Crippen LogP contribution is -2.34. The molecule has 28 heavy (non-hydrogen) atoms. The van der Waals surface area contributed by atoms with E-state index >= 15 is 0 Å². The molecule has 2 heterocycles. The highest BCUT2D eigenvalue weighted by Crippen LogP contribution is 2.31. The first-order valence-electron chi connectivity index (χ1n) is 8.80. The molecule has 0 fully saturated rings. The third-order valence-corrected chi connectivity index (χ3v) is 5.54. The van der Waals surface area contributed by atoms with Gasteiger partial charge < -0.3 is 19.8 Å². The predicted octanol–water partition coefficient (Wildman–Crippen LogP) is 4.73. The summed E-state index contributed by atoms with van der Waals surface area (Å²) in [7, 11) is 1.66. The van der Waals surface area contributed by atoms with Gasteiger partial charge in [-0.25, -0.2) is 4.98 Å². The van der Waals surface area contributed by atoms with Gasteiger partial charge in [-0.3, -0.25) is 0 Å². The molecule has 2 aromatic carbocycles. The summed E-state index contributed by atoms with van der Waals surface area (Å²) in [5, 5.41) is 7.82. The number of hydrogen-bond donors (Lipinski definition) is 2. The Hall–Kier alpha value is -2.90. The minimum atomic E-state index is 0.513. The van der Waals surface area contributed by atoms with Crippen molar-refractivity contribution >= 4 is 38.9 Å². The minimum Gasteiger partial charge on any atom is -0.497 e. The minimum absolute atomic E-state index is 0.513. The molecule has 0 spiro atoms. The topological polar surface area (TPSA) is 59.3 Å². The van der Waals surface area contributed by atoms with Gasteiger partial charge in [0.15, 0.2) is 15.9 Å². The lowest BCUT2D eigenvalue weighted by atomic mass is 10.2. The van der Waals surface area contributed by atoms with Crippen molar-refractivity contribution in [3.05, 3.63) is 72.0 Å². The van der Waals surface area contributed by atoms with Gasteiger partial charge in [0.2, 0.25) is 0 Å². The summed E-state index contributed by atoms with van der Waals surface area (Å²) in [5.41, 5.74) is 2.11. The Kier molecular flexibility index (Phi) is 5.55. The van der Waals surface area contributed by atoms with E-state index < -0.39 is 0 Å². The standard InChI is InChI=1S/C21H19N3O2S2/c1-25-15-8-6-14(7-9-15)12-22-21(27)23-13-16-10-11-18(26-16)20-24-17-4-2-3-5-19(17)28-20/h2-11H,12-13H2,1H3,(H2,22,23,27). The van der Waals surface area contributed by atoms with Gasteiger partial charge in [-0.15, -0.1) is 11.3 Å². The second-order valence-corrected chi connectivity index (χ2v) is 7.58. The molecule has 0 aliphatic heterocycles. The van der Waals surface area contributed by atoms with Crippen LogP contribution >= 0.6 is 23.6 Å². The third-order valence-electron chi connectivity index (χ3n) is 4.20. The number of benzene rings is 2. The van der Waals surface area contributed by atoms with Crippen LogP contribution in [0.25, 0.3) is 21.0 Å². The highest BCUT2D eigenvalue weighted by Gasteiger charge is 2.10. The monoisotopic (exact) mass is 409 g/mol. The largest absolute Gasteiger partial charge is 0.497 e. The van der Waals surface area contributed by atoms with Crippen molar-refractivity contribution in [2.75, 3.05) is 7.11 Å². The molecule has 142 valence electrons. The molecule has 0 unspecified atom stereocenters. The summed E-state index contributed by atoms with van der Waals surface area (Å²) >= 11 is 6.97. The number of para-hydroxylation sites is 1. The van der Waals surface area contributed by atoms with Crippen LogP contribution in [-0.2, 0) is 13.1 Å². The fourth-order valence-electron chi connectivity index (χ4n) is 2.72. The highest BCUT2D eigenvalue weighted by molar-refractivity contribution is 7.80. The summed E-state index contributed by atoms with van der Waals surface area (Å²) in [6.45, 7) is 1.16. The van der Waals surface area contributed by atoms with Gasteiger partial charge in [-0.1, -0.05) is 24.3 Å². The van der Waals surface area contributed by atoms with Crippen LogP contribution < -0.4 is 15.4 Å². The van der Waals surface area contributed by atoms with Crippen LogP contribution in [0.15, 0.2) is 65.1 Å². The fourth-order valence-corrected chi connectivity index (χ4v) is 3.79. The summed E-state index contributed by atoms with van der Waals surface area (Å²) < 4.78 is 12.2. The first-order valence-corrected chi connectivity index (χ1v) is 10.0. The average Bonchev–Trinajstić information content (AvgIpc) is 3.37. The number of thiocarbonyl (C=S) groups is 1. The third kappa shape index (κ3) is 4.32. The van der Waals surface area contributed by atoms with Crippen molar-refractivity contribution in [2.45, 2.75) is 13.1 Å². The van der Waals surface area contributed by atoms with E-state index in [1.165, 1.54) is 0 Å². The van der Waals surface area contributed by atoms with Crippen molar-refractivity contribution in [3.63, 3.8) is 0 Å². The Morgan fingerprint density at radius 1 is 1.04 bits per heavy atom. The van der Waals surface area contributed by atoms with E-state index in [1.807, 2.05) is 54.6 Å². The highest BCUT2D eigenvalue weighted by atomic mass is 32.1. The molecule has 7 heteroatoms. The Morgan fingerprint density at radius 3 is 2.61 bits per heavy atom. The normalized spacial score (nSPS) is 10.8. The van der Waals surface area contributed by atoms with Crippen LogP contribution in [-0.4, -0.2) is 17.2 Å². The molecule has 0 amide bonds. The fraction of sp³-hybridized carbons (Fsp3) is 0.143. The molecular formula is C21H19N3O2S2. The number of nitrogens with zero attached hydrogens (tertiary/aromatic N) is 1. The van der Waals surface area contributed by atoms with Gasteiger partial charge in [0, 0.05) is 6.54 Å². The Balaban J connectivity index is 1.30. The van der Waals surface area contributed by atoms with Crippen molar-refractivity contribution < 1.29 is 9.15 Å². The van der Waals surface area contributed by atoms with Crippen LogP contribution in [0.4, 0.5) is 0 Å². The van der Waals surface area contributed by atoms with Crippen LogP contribution in [0.1, 0.15) is 11.3 Å². The van der Waals surface area contributed by atoms with Gasteiger partial charge in [0.25, 0.3) is 0 Å². The lowest BCUT2D eigenvalue weighted by Gasteiger charge is -2.10. The molecule has 0 aliphatic carbocycles. The van der Waals surface area contributed by atoms with Crippen molar-refractivity contribution in [1.82, 2.24) is 15.6 Å². The van der Waals surface area contributed by atoms with Crippen molar-refractivity contribution in [1.29, 1.82) is 0 Å². The maximum atomic E-state index is 5.92. The van der Waals surface area contributed by atoms with Gasteiger partial charge in [0.05, 0.1) is 23.9 Å². The maximum Gasteiger partial charge on any atom is 0.166 e. The van der Waals surface area contributed by atoms with E-state index in [0.717, 1.165) is 38.1 Å². The van der Waals surface area contributed by atoms with Crippen LogP contribution in [0.3, 0.4) is 0 Å². The number of aromatic nitrogens is 1. The SMILES string of the molecule is COc1ccc(CNC(=S)NCc2ccc(-c3nc4ccccc4s3)o2)cc1. The molecule has 0 saturated carbocycles. The van der Waals surface area contributed by atoms with E-state index in [0.29, 0.717) is 18.2 Å². The summed E-state index contributed by atoms with van der Waals surface area (Å²) in [6.07, 6.45) is 0.